The first-order chi connectivity index (χ1) is 8.63. The lowest BCUT2D eigenvalue weighted by Crippen LogP contribution is -1.84. The van der Waals surface area contributed by atoms with Gasteiger partial charge in [0, 0.05) is 24.2 Å². The number of nitrogens with one attached hydrogen (secondary N) is 1. The first-order valence-corrected chi connectivity index (χ1v) is 6.73. The van der Waals surface area contributed by atoms with Crippen LogP contribution < -0.4 is 5.73 Å². The summed E-state index contributed by atoms with van der Waals surface area (Å²) in [6.45, 7) is 0. The van der Waals surface area contributed by atoms with E-state index in [0.29, 0.717) is 21.7 Å². The van der Waals surface area contributed by atoms with Gasteiger partial charge in [0.15, 0.2) is 5.13 Å². The number of thiazole rings is 1. The van der Waals surface area contributed by atoms with Gasteiger partial charge in [0.25, 0.3) is 0 Å². The highest BCUT2D eigenvalue weighted by Gasteiger charge is 2.12. The summed E-state index contributed by atoms with van der Waals surface area (Å²) in [5, 5.41) is 2.54. The minimum atomic E-state index is 0.460. The number of halogens is 2. The van der Waals surface area contributed by atoms with E-state index in [1.807, 2.05) is 12.3 Å². The van der Waals surface area contributed by atoms with Crippen molar-refractivity contribution >= 4 is 50.7 Å². The number of H-pyrrole nitrogens is 1. The second-order valence-corrected chi connectivity index (χ2v) is 5.72. The summed E-state index contributed by atoms with van der Waals surface area (Å²) < 4.78 is 0. The molecule has 0 radical (unpaired) electrons. The maximum atomic E-state index is 6.01. The van der Waals surface area contributed by atoms with Crippen molar-refractivity contribution in [3.63, 3.8) is 0 Å². The van der Waals surface area contributed by atoms with Crippen molar-refractivity contribution in [3.05, 3.63) is 39.1 Å². The molecule has 3 aromatic heterocycles. The number of rotatable bonds is 2. The fourth-order valence-electron chi connectivity index (χ4n) is 1.81. The van der Waals surface area contributed by atoms with Crippen LogP contribution in [0, 0.1) is 0 Å². The van der Waals surface area contributed by atoms with E-state index >= 15 is 0 Å². The Morgan fingerprint density at radius 2 is 2.22 bits per heavy atom. The first-order valence-electron chi connectivity index (χ1n) is 5.15. The maximum Gasteiger partial charge on any atom is 0.181 e. The molecule has 4 nitrogen and oxygen atoms in total. The SMILES string of the molecule is Nc1nc(Cl)c(Cc2c[nH]c3ncc(Cl)cc23)s1. The molecule has 0 fully saturated rings. The topological polar surface area (TPSA) is 67.6 Å². The standard InChI is InChI=1S/C11H8Cl2N4S/c12-6-2-7-5(3-15-10(7)16-4-6)1-8-9(13)17-11(14)18-8/h2-4H,1H2,(H2,14,17)(H,15,16). The van der Waals surface area contributed by atoms with Crippen molar-refractivity contribution < 1.29 is 0 Å². The minimum absolute atomic E-state index is 0.460. The van der Waals surface area contributed by atoms with Gasteiger partial charge in [-0.05, 0) is 11.6 Å². The number of hydrogen-bond acceptors (Lipinski definition) is 4. The lowest BCUT2D eigenvalue weighted by Gasteiger charge is -1.97. The highest BCUT2D eigenvalue weighted by molar-refractivity contribution is 7.15. The van der Waals surface area contributed by atoms with Gasteiger partial charge >= 0.3 is 0 Å². The fourth-order valence-corrected chi connectivity index (χ4v) is 3.04. The molecule has 3 heterocycles. The number of anilines is 1. The summed E-state index contributed by atoms with van der Waals surface area (Å²) in [6, 6.07) is 1.88. The molecule has 0 aliphatic rings. The Kier molecular flexibility index (Phi) is 2.89. The number of aromatic nitrogens is 3. The molecule has 0 saturated heterocycles. The largest absolute Gasteiger partial charge is 0.375 e. The summed E-state index contributed by atoms with van der Waals surface area (Å²) in [4.78, 5) is 12.3. The minimum Gasteiger partial charge on any atom is -0.375 e. The van der Waals surface area contributed by atoms with Crippen LogP contribution in [0.2, 0.25) is 10.2 Å². The summed E-state index contributed by atoms with van der Waals surface area (Å²) in [5.41, 5.74) is 7.51. The monoisotopic (exact) mass is 298 g/mol. The summed E-state index contributed by atoms with van der Waals surface area (Å²) in [5.74, 6) is 0. The Balaban J connectivity index is 2.05. The average molecular weight is 299 g/mol. The second-order valence-electron chi connectivity index (χ2n) is 3.81. The Morgan fingerprint density at radius 1 is 1.39 bits per heavy atom. The Bertz CT molecular complexity index is 719. The lowest BCUT2D eigenvalue weighted by molar-refractivity contribution is 1.23. The molecule has 0 amide bonds. The third kappa shape index (κ3) is 2.05. The quantitative estimate of drug-likeness (QED) is 0.761. The summed E-state index contributed by atoms with van der Waals surface area (Å²) in [7, 11) is 0. The number of aromatic amines is 1. The molecule has 92 valence electrons. The van der Waals surface area contributed by atoms with Crippen molar-refractivity contribution in [1.29, 1.82) is 0 Å². The van der Waals surface area contributed by atoms with Crippen molar-refractivity contribution in [2.24, 2.45) is 0 Å². The molecule has 0 aromatic carbocycles. The molecule has 0 unspecified atom stereocenters. The van der Waals surface area contributed by atoms with Gasteiger partial charge in [0.05, 0.1) is 9.90 Å². The fraction of sp³-hybridized carbons (Fsp3) is 0.0909. The van der Waals surface area contributed by atoms with Crippen molar-refractivity contribution in [1.82, 2.24) is 15.0 Å². The predicted molar refractivity (Wildman–Crippen MR) is 75.4 cm³/mol. The molecule has 0 aliphatic carbocycles. The smallest absolute Gasteiger partial charge is 0.181 e. The van der Waals surface area contributed by atoms with Gasteiger partial charge in [-0.15, -0.1) is 11.3 Å². The van der Waals surface area contributed by atoms with Crippen LogP contribution >= 0.6 is 34.5 Å². The molecule has 0 saturated carbocycles. The van der Waals surface area contributed by atoms with Gasteiger partial charge in [0.1, 0.15) is 10.8 Å². The van der Waals surface area contributed by atoms with Crippen LogP contribution in [0.4, 0.5) is 5.13 Å². The van der Waals surface area contributed by atoms with E-state index in [2.05, 4.69) is 15.0 Å². The number of fused-ring (bicyclic) bond motifs is 1. The van der Waals surface area contributed by atoms with Gasteiger partial charge in [-0.25, -0.2) is 9.97 Å². The average Bonchev–Trinajstić information content (AvgIpc) is 2.84. The Hall–Kier alpha value is -1.30. The molecule has 3 rings (SSSR count). The Labute approximate surface area is 117 Å². The van der Waals surface area contributed by atoms with Crippen molar-refractivity contribution in [2.45, 2.75) is 6.42 Å². The molecule has 0 spiro atoms. The molecule has 0 aliphatic heterocycles. The molecule has 0 bridgehead atoms. The number of nitrogens with zero attached hydrogens (tertiary/aromatic N) is 2. The third-order valence-corrected chi connectivity index (χ3v) is 4.12. The van der Waals surface area contributed by atoms with Gasteiger partial charge in [-0.2, -0.15) is 0 Å². The second kappa shape index (κ2) is 4.42. The van der Waals surface area contributed by atoms with E-state index in [0.717, 1.165) is 21.5 Å². The molecule has 18 heavy (non-hydrogen) atoms. The van der Waals surface area contributed by atoms with E-state index in [-0.39, 0.29) is 0 Å². The molecule has 3 aromatic rings. The van der Waals surface area contributed by atoms with E-state index in [9.17, 15) is 0 Å². The van der Waals surface area contributed by atoms with Gasteiger partial charge in [-0.1, -0.05) is 23.2 Å². The van der Waals surface area contributed by atoms with Crippen LogP contribution in [0.15, 0.2) is 18.5 Å². The zero-order valence-electron chi connectivity index (χ0n) is 9.08. The molecule has 3 N–H and O–H groups in total. The highest BCUT2D eigenvalue weighted by Crippen LogP contribution is 2.30. The first kappa shape index (κ1) is 11.8. The van der Waals surface area contributed by atoms with Gasteiger partial charge in [-0.3, -0.25) is 0 Å². The van der Waals surface area contributed by atoms with Crippen LogP contribution in [0.3, 0.4) is 0 Å². The number of nitrogen functional groups attached to an aromatic ring is 1. The number of pyridine rings is 1. The van der Waals surface area contributed by atoms with E-state index in [1.54, 1.807) is 6.20 Å². The highest BCUT2D eigenvalue weighted by atomic mass is 35.5. The molecule has 7 heteroatoms. The molecular weight excluding hydrogens is 291 g/mol. The van der Waals surface area contributed by atoms with Crippen molar-refractivity contribution in [2.75, 3.05) is 5.73 Å². The Morgan fingerprint density at radius 3 is 2.94 bits per heavy atom. The number of nitrogens with two attached hydrogens (primary N) is 1. The van der Waals surface area contributed by atoms with E-state index in [1.165, 1.54) is 11.3 Å². The normalized spacial score (nSPS) is 11.2. The van der Waals surface area contributed by atoms with Crippen LogP contribution in [0.5, 0.6) is 0 Å². The zero-order chi connectivity index (χ0) is 12.7. The molecular formula is C11H8Cl2N4S. The van der Waals surface area contributed by atoms with Gasteiger partial charge < -0.3 is 10.7 Å². The lowest BCUT2D eigenvalue weighted by atomic mass is 10.1. The molecule has 0 atom stereocenters. The summed E-state index contributed by atoms with van der Waals surface area (Å²) >= 11 is 13.4. The van der Waals surface area contributed by atoms with E-state index < -0.39 is 0 Å². The van der Waals surface area contributed by atoms with Gasteiger partial charge in [0.2, 0.25) is 0 Å². The zero-order valence-corrected chi connectivity index (χ0v) is 11.4. The third-order valence-electron chi connectivity index (χ3n) is 2.60. The van der Waals surface area contributed by atoms with Crippen LogP contribution in [0.1, 0.15) is 10.4 Å². The number of hydrogen-bond donors (Lipinski definition) is 2. The maximum absolute atomic E-state index is 6.01. The van der Waals surface area contributed by atoms with Crippen LogP contribution in [-0.4, -0.2) is 15.0 Å². The predicted octanol–water partition coefficient (Wildman–Crippen LogP) is 3.50. The van der Waals surface area contributed by atoms with Crippen LogP contribution in [-0.2, 0) is 6.42 Å². The van der Waals surface area contributed by atoms with Crippen molar-refractivity contribution in [3.8, 4) is 0 Å². The van der Waals surface area contributed by atoms with Crippen LogP contribution in [0.25, 0.3) is 11.0 Å². The summed E-state index contributed by atoms with van der Waals surface area (Å²) in [6.07, 6.45) is 4.18. The van der Waals surface area contributed by atoms with E-state index in [4.69, 9.17) is 28.9 Å².